The molecular weight excluding hydrogens is 364 g/mol. The second-order valence-corrected chi connectivity index (χ2v) is 7.21. The third-order valence-corrected chi connectivity index (χ3v) is 5.36. The molecule has 0 saturated carbocycles. The van der Waals surface area contributed by atoms with Crippen LogP contribution >= 0.6 is 11.6 Å². The molecule has 0 unspecified atom stereocenters. The predicted molar refractivity (Wildman–Crippen MR) is 118 cm³/mol. The Morgan fingerprint density at radius 1 is 0.857 bits per heavy atom. The quantitative estimate of drug-likeness (QED) is 0.434. The molecule has 0 aromatic heterocycles. The lowest BCUT2D eigenvalue weighted by molar-refractivity contribution is 0.104. The van der Waals surface area contributed by atoms with E-state index in [9.17, 15) is 4.79 Å². The van der Waals surface area contributed by atoms with Crippen LogP contribution in [0.25, 0.3) is 22.3 Å². The minimum atomic E-state index is 0.0722. The van der Waals surface area contributed by atoms with Crippen molar-refractivity contribution in [3.63, 3.8) is 0 Å². The smallest absolute Gasteiger partial charge is 0.194 e. The van der Waals surface area contributed by atoms with E-state index in [-0.39, 0.29) is 5.78 Å². The van der Waals surface area contributed by atoms with Gasteiger partial charge in [0.25, 0.3) is 0 Å². The molecule has 136 valence electrons. The summed E-state index contributed by atoms with van der Waals surface area (Å²) < 4.78 is 0. The fourth-order valence-corrected chi connectivity index (χ4v) is 3.82. The Balaban J connectivity index is 1.75. The van der Waals surface area contributed by atoms with E-state index in [0.717, 1.165) is 49.6 Å². The molecule has 0 radical (unpaired) electrons. The topological polar surface area (TPSA) is 17.1 Å². The molecule has 2 heteroatoms. The SMILES string of the molecule is C=C/C=C(\C1=C(C)c2ccccc2C1=O)c1ccc(-c2ccc(Cl)cc2)cc1. The van der Waals surface area contributed by atoms with Gasteiger partial charge in [-0.05, 0) is 52.5 Å². The van der Waals surface area contributed by atoms with Crippen molar-refractivity contribution in [2.24, 2.45) is 0 Å². The molecule has 0 amide bonds. The average Bonchev–Trinajstić information content (AvgIpc) is 2.98. The van der Waals surface area contributed by atoms with Crippen LogP contribution in [0.3, 0.4) is 0 Å². The second kappa shape index (κ2) is 7.46. The summed E-state index contributed by atoms with van der Waals surface area (Å²) in [5.41, 5.74) is 7.63. The van der Waals surface area contributed by atoms with Gasteiger partial charge in [0.05, 0.1) is 0 Å². The van der Waals surface area contributed by atoms with Crippen molar-refractivity contribution in [1.29, 1.82) is 0 Å². The number of hydrogen-bond donors (Lipinski definition) is 0. The highest BCUT2D eigenvalue weighted by molar-refractivity contribution is 6.30. The highest BCUT2D eigenvalue weighted by atomic mass is 35.5. The van der Waals surface area contributed by atoms with Crippen LogP contribution < -0.4 is 0 Å². The number of carbonyl (C=O) groups excluding carboxylic acids is 1. The zero-order chi connectivity index (χ0) is 19.7. The van der Waals surface area contributed by atoms with Crippen LogP contribution in [-0.4, -0.2) is 5.78 Å². The summed E-state index contributed by atoms with van der Waals surface area (Å²) in [7, 11) is 0. The van der Waals surface area contributed by atoms with Crippen molar-refractivity contribution in [3.05, 3.63) is 119 Å². The van der Waals surface area contributed by atoms with Gasteiger partial charge in [-0.1, -0.05) is 91.0 Å². The van der Waals surface area contributed by atoms with Gasteiger partial charge in [-0.2, -0.15) is 0 Å². The summed E-state index contributed by atoms with van der Waals surface area (Å²) >= 11 is 5.99. The number of carbonyl (C=O) groups is 1. The number of allylic oxidation sites excluding steroid dienone is 5. The minimum absolute atomic E-state index is 0.0722. The summed E-state index contributed by atoms with van der Waals surface area (Å²) in [6, 6.07) is 23.8. The van der Waals surface area contributed by atoms with Crippen LogP contribution in [0, 0.1) is 0 Å². The molecule has 1 aliphatic carbocycles. The first-order valence-electron chi connectivity index (χ1n) is 9.14. The van der Waals surface area contributed by atoms with Crippen molar-refractivity contribution >= 4 is 28.5 Å². The molecule has 0 N–H and O–H groups in total. The zero-order valence-electron chi connectivity index (χ0n) is 15.6. The maximum Gasteiger partial charge on any atom is 0.194 e. The Kier molecular flexibility index (Phi) is 4.85. The molecule has 0 heterocycles. The molecule has 0 spiro atoms. The van der Waals surface area contributed by atoms with Crippen molar-refractivity contribution in [3.8, 4) is 11.1 Å². The van der Waals surface area contributed by atoms with Gasteiger partial charge in [-0.15, -0.1) is 0 Å². The van der Waals surface area contributed by atoms with E-state index in [4.69, 9.17) is 11.6 Å². The van der Waals surface area contributed by atoms with Crippen LogP contribution in [-0.2, 0) is 0 Å². The average molecular weight is 383 g/mol. The molecule has 3 aromatic carbocycles. The van der Waals surface area contributed by atoms with Gasteiger partial charge >= 0.3 is 0 Å². The summed E-state index contributed by atoms with van der Waals surface area (Å²) in [4.78, 5) is 13.1. The van der Waals surface area contributed by atoms with Crippen molar-refractivity contribution in [2.45, 2.75) is 6.92 Å². The molecule has 0 bridgehead atoms. The summed E-state index contributed by atoms with van der Waals surface area (Å²) in [6.07, 6.45) is 3.65. The molecule has 3 aromatic rings. The lowest BCUT2D eigenvalue weighted by Crippen LogP contribution is -2.01. The van der Waals surface area contributed by atoms with E-state index in [1.54, 1.807) is 6.08 Å². The van der Waals surface area contributed by atoms with Crippen LogP contribution in [0.2, 0.25) is 5.02 Å². The van der Waals surface area contributed by atoms with Crippen LogP contribution in [0.4, 0.5) is 0 Å². The van der Waals surface area contributed by atoms with E-state index in [1.165, 1.54) is 0 Å². The van der Waals surface area contributed by atoms with Crippen molar-refractivity contribution in [2.75, 3.05) is 0 Å². The third kappa shape index (κ3) is 3.15. The monoisotopic (exact) mass is 382 g/mol. The Hall–Kier alpha value is -3.16. The standard InChI is InChI=1S/C26H19ClO/c1-3-6-23(25-17(2)22-7-4-5-8-24(22)26(25)28)20-11-9-18(10-12-20)19-13-15-21(27)16-14-19/h3-16H,1H2,2H3/b23-6-. The molecule has 0 saturated heterocycles. The third-order valence-electron chi connectivity index (χ3n) is 5.11. The fraction of sp³-hybridized carbons (Fsp3) is 0.0385. The Bertz CT molecular complexity index is 1130. The highest BCUT2D eigenvalue weighted by Gasteiger charge is 2.29. The Morgan fingerprint density at radius 2 is 1.43 bits per heavy atom. The number of ketones is 1. The summed E-state index contributed by atoms with van der Waals surface area (Å²) in [6.45, 7) is 5.86. The molecule has 28 heavy (non-hydrogen) atoms. The molecule has 4 rings (SSSR count). The number of Topliss-reactive ketones (excluding diaryl/α,β-unsaturated/α-hetero) is 1. The van der Waals surface area contributed by atoms with Crippen molar-refractivity contribution < 1.29 is 4.79 Å². The van der Waals surface area contributed by atoms with Crippen molar-refractivity contribution in [1.82, 2.24) is 0 Å². The maximum absolute atomic E-state index is 13.1. The summed E-state index contributed by atoms with van der Waals surface area (Å²) in [5.74, 6) is 0.0722. The van der Waals surface area contributed by atoms with Crippen LogP contribution in [0.5, 0.6) is 0 Å². The number of halogens is 1. The number of benzene rings is 3. The number of fused-ring (bicyclic) bond motifs is 1. The van der Waals surface area contributed by atoms with E-state index in [2.05, 4.69) is 30.8 Å². The van der Waals surface area contributed by atoms with Crippen LogP contribution in [0.15, 0.2) is 97.1 Å². The second-order valence-electron chi connectivity index (χ2n) is 6.77. The van der Waals surface area contributed by atoms with E-state index >= 15 is 0 Å². The van der Waals surface area contributed by atoms with Gasteiger partial charge in [-0.3, -0.25) is 4.79 Å². The highest BCUT2D eigenvalue weighted by Crippen LogP contribution is 2.40. The lowest BCUT2D eigenvalue weighted by Gasteiger charge is -2.11. The van der Waals surface area contributed by atoms with Gasteiger partial charge in [0.2, 0.25) is 0 Å². The molecule has 0 aliphatic heterocycles. The molecular formula is C26H19ClO. The normalized spacial score (nSPS) is 13.6. The first kappa shape index (κ1) is 18.2. The lowest BCUT2D eigenvalue weighted by atomic mass is 9.92. The maximum atomic E-state index is 13.1. The van der Waals surface area contributed by atoms with Crippen LogP contribution in [0.1, 0.15) is 28.4 Å². The molecule has 0 atom stereocenters. The summed E-state index contributed by atoms with van der Waals surface area (Å²) in [5, 5.41) is 0.721. The zero-order valence-corrected chi connectivity index (χ0v) is 16.3. The molecule has 0 fully saturated rings. The first-order chi connectivity index (χ1) is 13.6. The number of rotatable bonds is 4. The fourth-order valence-electron chi connectivity index (χ4n) is 3.70. The van der Waals surface area contributed by atoms with Gasteiger partial charge in [0.15, 0.2) is 5.78 Å². The minimum Gasteiger partial charge on any atom is -0.289 e. The van der Waals surface area contributed by atoms with E-state index < -0.39 is 0 Å². The van der Waals surface area contributed by atoms with Gasteiger partial charge in [0, 0.05) is 16.2 Å². The van der Waals surface area contributed by atoms with E-state index in [0.29, 0.717) is 0 Å². The van der Waals surface area contributed by atoms with Gasteiger partial charge in [0.1, 0.15) is 0 Å². The van der Waals surface area contributed by atoms with E-state index in [1.807, 2.05) is 61.5 Å². The molecule has 1 aliphatic rings. The first-order valence-corrected chi connectivity index (χ1v) is 9.52. The number of hydrogen-bond acceptors (Lipinski definition) is 1. The van der Waals surface area contributed by atoms with Gasteiger partial charge < -0.3 is 0 Å². The largest absolute Gasteiger partial charge is 0.289 e. The Labute approximate surface area is 170 Å². The Morgan fingerprint density at radius 3 is 2.00 bits per heavy atom. The van der Waals surface area contributed by atoms with Gasteiger partial charge in [-0.25, -0.2) is 0 Å². The predicted octanol–water partition coefficient (Wildman–Crippen LogP) is 7.25. The molecule has 1 nitrogen and oxygen atoms in total.